The van der Waals surface area contributed by atoms with Gasteiger partial charge < -0.3 is 4.74 Å². The Morgan fingerprint density at radius 1 is 1.14 bits per heavy atom. The molecular weight excluding hydrogens is 424 g/mol. The van der Waals surface area contributed by atoms with E-state index < -0.39 is 26.0 Å². The summed E-state index contributed by atoms with van der Waals surface area (Å²) in [5.41, 5.74) is 0. The average molecular weight is 435 g/mol. The lowest BCUT2D eigenvalue weighted by Gasteiger charge is -2.32. The van der Waals surface area contributed by atoms with Crippen molar-refractivity contribution >= 4 is 87.2 Å². The van der Waals surface area contributed by atoms with Gasteiger partial charge in [-0.2, -0.15) is 0 Å². The predicted molar refractivity (Wildman–Crippen MR) is 89.4 cm³/mol. The van der Waals surface area contributed by atoms with Crippen LogP contribution in [0.2, 0.25) is 0 Å². The third kappa shape index (κ3) is 2.49. The number of fused-ring (bicyclic) bond motifs is 2. The number of alkyl halides is 5. The van der Waals surface area contributed by atoms with Gasteiger partial charge in [0.1, 0.15) is 9.75 Å². The standard InChI is InChI=1S/C12H11Cl7O2/c13-3-1-2-4-21-9(20)6-5-10(16)7(14)8(15)11(6,17)12(10,18)19/h6H,1-5H2/t6-,10+,11+/m0/s1. The van der Waals surface area contributed by atoms with Crippen molar-refractivity contribution in [1.29, 1.82) is 0 Å². The van der Waals surface area contributed by atoms with Crippen LogP contribution in [0.1, 0.15) is 19.3 Å². The molecule has 3 atom stereocenters. The number of hydrogen-bond acceptors (Lipinski definition) is 2. The number of allylic oxidation sites excluding steroid dienone is 2. The Bertz CT molecular complexity index is 492. The molecular formula is C12H11Cl7O2. The van der Waals surface area contributed by atoms with Crippen molar-refractivity contribution in [3.05, 3.63) is 10.1 Å². The Morgan fingerprint density at radius 2 is 1.76 bits per heavy atom. The first-order chi connectivity index (χ1) is 9.64. The van der Waals surface area contributed by atoms with Gasteiger partial charge in [-0.05, 0) is 19.3 Å². The van der Waals surface area contributed by atoms with Gasteiger partial charge in [-0.1, -0.05) is 46.4 Å². The summed E-state index contributed by atoms with van der Waals surface area (Å²) in [7, 11) is 0. The molecule has 0 unspecified atom stereocenters. The fourth-order valence-electron chi connectivity index (χ4n) is 2.62. The second-order valence-corrected chi connectivity index (χ2v) is 8.74. The topological polar surface area (TPSA) is 26.3 Å². The Labute approximate surface area is 157 Å². The van der Waals surface area contributed by atoms with Crippen molar-refractivity contribution in [2.24, 2.45) is 5.92 Å². The van der Waals surface area contributed by atoms with Crippen LogP contribution in [0, 0.1) is 5.92 Å². The summed E-state index contributed by atoms with van der Waals surface area (Å²) in [6, 6.07) is 0. The molecule has 1 fully saturated rings. The van der Waals surface area contributed by atoms with E-state index in [0.717, 1.165) is 6.42 Å². The molecule has 0 aromatic carbocycles. The molecule has 2 aliphatic carbocycles. The van der Waals surface area contributed by atoms with Crippen molar-refractivity contribution in [3.8, 4) is 0 Å². The molecule has 0 aliphatic heterocycles. The molecule has 21 heavy (non-hydrogen) atoms. The van der Waals surface area contributed by atoms with Crippen molar-refractivity contribution in [1.82, 2.24) is 0 Å². The summed E-state index contributed by atoms with van der Waals surface area (Å²) in [6.07, 6.45) is 1.46. The Morgan fingerprint density at radius 3 is 2.24 bits per heavy atom. The molecule has 0 aromatic heterocycles. The lowest BCUT2D eigenvalue weighted by molar-refractivity contribution is -0.149. The van der Waals surface area contributed by atoms with Gasteiger partial charge in [0.25, 0.3) is 0 Å². The number of carbonyl (C=O) groups is 1. The summed E-state index contributed by atoms with van der Waals surface area (Å²) >= 11 is 43.2. The molecule has 0 N–H and O–H groups in total. The second-order valence-electron chi connectivity index (χ2n) is 5.04. The van der Waals surface area contributed by atoms with E-state index in [1.165, 1.54) is 0 Å². The van der Waals surface area contributed by atoms with Crippen LogP contribution in [-0.4, -0.2) is 32.5 Å². The number of ether oxygens (including phenoxy) is 1. The normalized spacial score (nSPS) is 37.2. The van der Waals surface area contributed by atoms with Crippen LogP contribution in [0.5, 0.6) is 0 Å². The minimum absolute atomic E-state index is 0.000193. The first-order valence-corrected chi connectivity index (χ1v) is 8.99. The summed E-state index contributed by atoms with van der Waals surface area (Å²) < 4.78 is 3.49. The largest absolute Gasteiger partial charge is 0.465 e. The van der Waals surface area contributed by atoms with Crippen LogP contribution >= 0.6 is 81.2 Å². The second kappa shape index (κ2) is 6.27. The highest BCUT2D eigenvalue weighted by molar-refractivity contribution is 6.66. The highest BCUT2D eigenvalue weighted by atomic mass is 35.5. The van der Waals surface area contributed by atoms with Crippen molar-refractivity contribution in [2.75, 3.05) is 12.5 Å². The Hall–Kier alpha value is 1.24. The molecule has 0 amide bonds. The third-order valence-electron chi connectivity index (χ3n) is 3.84. The van der Waals surface area contributed by atoms with Crippen LogP contribution in [0.3, 0.4) is 0 Å². The summed E-state index contributed by atoms with van der Waals surface area (Å²) in [5.74, 6) is -0.908. The fourth-order valence-corrected chi connectivity index (χ4v) is 5.57. The van der Waals surface area contributed by atoms with E-state index in [-0.39, 0.29) is 23.1 Å². The number of rotatable bonds is 5. The van der Waals surface area contributed by atoms with Crippen molar-refractivity contribution in [2.45, 2.75) is 33.3 Å². The number of hydrogen-bond donors (Lipinski definition) is 0. The third-order valence-corrected chi connectivity index (χ3v) is 8.38. The summed E-state index contributed by atoms with van der Waals surface area (Å²) in [5, 5.41) is 0.0804. The van der Waals surface area contributed by atoms with Gasteiger partial charge in [-0.3, -0.25) is 4.79 Å². The molecule has 0 saturated heterocycles. The molecule has 0 aromatic rings. The molecule has 2 aliphatic rings. The lowest BCUT2D eigenvalue weighted by Crippen LogP contribution is -2.46. The minimum atomic E-state index is -1.70. The molecule has 1 saturated carbocycles. The van der Waals surface area contributed by atoms with Gasteiger partial charge in [-0.15, -0.1) is 34.8 Å². The summed E-state index contributed by atoms with van der Waals surface area (Å²) in [6.45, 7) is 0.233. The van der Waals surface area contributed by atoms with Crippen LogP contribution in [0.4, 0.5) is 0 Å². The number of esters is 1. The molecule has 0 radical (unpaired) electrons. The van der Waals surface area contributed by atoms with Gasteiger partial charge in [0.05, 0.1) is 22.6 Å². The maximum atomic E-state index is 12.2. The monoisotopic (exact) mass is 432 g/mol. The minimum Gasteiger partial charge on any atom is -0.465 e. The van der Waals surface area contributed by atoms with E-state index in [2.05, 4.69) is 0 Å². The smallest absolute Gasteiger partial charge is 0.311 e. The van der Waals surface area contributed by atoms with Crippen molar-refractivity contribution in [3.63, 3.8) is 0 Å². The van der Waals surface area contributed by atoms with E-state index in [1.807, 2.05) is 0 Å². The summed E-state index contributed by atoms with van der Waals surface area (Å²) in [4.78, 5) is 9.27. The predicted octanol–water partition coefficient (Wildman–Crippen LogP) is 5.40. The molecule has 2 nitrogen and oxygen atoms in total. The number of unbranched alkanes of at least 4 members (excludes halogenated alkanes) is 1. The zero-order chi connectivity index (χ0) is 16.1. The van der Waals surface area contributed by atoms with Crippen LogP contribution in [0.15, 0.2) is 10.1 Å². The first-order valence-electron chi connectivity index (χ1n) is 6.19. The fraction of sp³-hybridized carbons (Fsp3) is 0.750. The maximum absolute atomic E-state index is 12.2. The zero-order valence-electron chi connectivity index (χ0n) is 10.6. The van der Waals surface area contributed by atoms with Crippen LogP contribution in [-0.2, 0) is 9.53 Å². The Balaban J connectivity index is 2.20. The molecule has 2 rings (SSSR count). The lowest BCUT2D eigenvalue weighted by atomic mass is 9.92. The quantitative estimate of drug-likeness (QED) is 0.328. The zero-order valence-corrected chi connectivity index (χ0v) is 15.9. The highest BCUT2D eigenvalue weighted by Crippen LogP contribution is 2.74. The van der Waals surface area contributed by atoms with Gasteiger partial charge in [-0.25, -0.2) is 0 Å². The van der Waals surface area contributed by atoms with Gasteiger partial charge in [0.2, 0.25) is 0 Å². The highest BCUT2D eigenvalue weighted by Gasteiger charge is 2.80. The van der Waals surface area contributed by atoms with Gasteiger partial charge in [0.15, 0.2) is 4.33 Å². The Kier molecular flexibility index (Phi) is 5.55. The average Bonchev–Trinajstić information content (AvgIpc) is 2.65. The molecule has 0 spiro atoms. The molecule has 9 heteroatoms. The van der Waals surface area contributed by atoms with Gasteiger partial charge >= 0.3 is 5.97 Å². The molecule has 120 valence electrons. The SMILES string of the molecule is O=C(OCCCCCl)[C@@H]1C[C@@]2(Cl)C(Cl)=C(Cl)[C@@]1(Cl)C2(Cl)Cl. The van der Waals surface area contributed by atoms with E-state index in [4.69, 9.17) is 85.9 Å². The first kappa shape index (κ1) is 18.6. The van der Waals surface area contributed by atoms with Crippen LogP contribution in [0.25, 0.3) is 0 Å². The van der Waals surface area contributed by atoms with E-state index >= 15 is 0 Å². The van der Waals surface area contributed by atoms with E-state index in [9.17, 15) is 4.79 Å². The van der Waals surface area contributed by atoms with Crippen molar-refractivity contribution < 1.29 is 9.53 Å². The molecule has 2 bridgehead atoms. The van der Waals surface area contributed by atoms with E-state index in [0.29, 0.717) is 12.3 Å². The number of halogens is 7. The van der Waals surface area contributed by atoms with Gasteiger partial charge in [0, 0.05) is 5.88 Å². The van der Waals surface area contributed by atoms with Crippen LogP contribution < -0.4 is 0 Å². The van der Waals surface area contributed by atoms with E-state index in [1.54, 1.807) is 0 Å². The molecule has 0 heterocycles. The maximum Gasteiger partial charge on any atom is 0.311 e. The number of carbonyl (C=O) groups excluding carboxylic acids is 1.